The number of alkyl halides is 3. The Morgan fingerprint density at radius 2 is 1.80 bits per heavy atom. The molecule has 0 rings (SSSR count). The standard InChI is InChI=1S/C11H21Cl2IO/c1-9(2)5-3-4-6-15-11(8-13)10(14)7-12/h9-11H,3-8H2,1-2H3. The Morgan fingerprint density at radius 3 is 2.27 bits per heavy atom. The maximum Gasteiger partial charge on any atom is 0.0839 e. The van der Waals surface area contributed by atoms with Gasteiger partial charge in [-0.05, 0) is 12.3 Å². The van der Waals surface area contributed by atoms with Gasteiger partial charge >= 0.3 is 0 Å². The average Bonchev–Trinajstić information content (AvgIpc) is 2.22. The van der Waals surface area contributed by atoms with Crippen LogP contribution in [0.5, 0.6) is 0 Å². The van der Waals surface area contributed by atoms with E-state index in [9.17, 15) is 0 Å². The summed E-state index contributed by atoms with van der Waals surface area (Å²) in [5, 5.41) is 0. The first-order chi connectivity index (χ1) is 7.11. The lowest BCUT2D eigenvalue weighted by molar-refractivity contribution is 0.0695. The van der Waals surface area contributed by atoms with E-state index < -0.39 is 0 Å². The van der Waals surface area contributed by atoms with Crippen LogP contribution >= 0.6 is 45.8 Å². The van der Waals surface area contributed by atoms with E-state index in [-0.39, 0.29) is 6.10 Å². The van der Waals surface area contributed by atoms with Crippen LogP contribution in [0.1, 0.15) is 33.1 Å². The van der Waals surface area contributed by atoms with E-state index in [1.54, 1.807) is 0 Å². The SMILES string of the molecule is CC(C)CCCCOC(CCl)C(I)CCl. The molecule has 4 heteroatoms. The molecule has 0 aromatic rings. The lowest BCUT2D eigenvalue weighted by Crippen LogP contribution is -2.27. The minimum Gasteiger partial charge on any atom is -0.376 e. The molecule has 0 fully saturated rings. The highest BCUT2D eigenvalue weighted by Gasteiger charge is 2.17. The number of unbranched alkanes of at least 4 members (excludes halogenated alkanes) is 1. The maximum absolute atomic E-state index is 5.82. The third-order valence-electron chi connectivity index (χ3n) is 2.21. The van der Waals surface area contributed by atoms with Crippen molar-refractivity contribution in [1.29, 1.82) is 0 Å². The monoisotopic (exact) mass is 366 g/mol. The summed E-state index contributed by atoms with van der Waals surface area (Å²) in [6.45, 7) is 5.30. The second-order valence-electron chi connectivity index (χ2n) is 4.12. The largest absolute Gasteiger partial charge is 0.376 e. The van der Waals surface area contributed by atoms with E-state index in [4.69, 9.17) is 27.9 Å². The minimum atomic E-state index is 0.101. The average molecular weight is 367 g/mol. The zero-order valence-electron chi connectivity index (χ0n) is 9.52. The number of rotatable bonds is 9. The third kappa shape index (κ3) is 9.02. The van der Waals surface area contributed by atoms with Gasteiger partial charge in [0.1, 0.15) is 0 Å². The van der Waals surface area contributed by atoms with Crippen LogP contribution in [0.15, 0.2) is 0 Å². The summed E-state index contributed by atoms with van der Waals surface area (Å²) in [6.07, 6.45) is 3.73. The van der Waals surface area contributed by atoms with Crippen LogP contribution in [-0.2, 0) is 4.74 Å². The van der Waals surface area contributed by atoms with Crippen LogP contribution in [0.3, 0.4) is 0 Å². The molecule has 2 unspecified atom stereocenters. The predicted octanol–water partition coefficient (Wildman–Crippen LogP) is 4.48. The van der Waals surface area contributed by atoms with Crippen molar-refractivity contribution in [3.8, 4) is 0 Å². The van der Waals surface area contributed by atoms with Crippen molar-refractivity contribution in [2.24, 2.45) is 5.92 Å². The number of halogens is 3. The molecule has 0 heterocycles. The van der Waals surface area contributed by atoms with Crippen LogP contribution in [-0.4, -0.2) is 28.4 Å². The molecule has 92 valence electrons. The summed E-state index contributed by atoms with van der Waals surface area (Å²) < 4.78 is 6.01. The fraction of sp³-hybridized carbons (Fsp3) is 1.00. The third-order valence-corrected chi connectivity index (χ3v) is 4.61. The van der Waals surface area contributed by atoms with Gasteiger partial charge in [0, 0.05) is 18.4 Å². The molecule has 0 saturated heterocycles. The molecule has 0 bridgehead atoms. The summed E-state index contributed by atoms with van der Waals surface area (Å²) in [5.41, 5.74) is 0. The molecule has 0 aromatic heterocycles. The van der Waals surface area contributed by atoms with Crippen LogP contribution in [0.4, 0.5) is 0 Å². The fourth-order valence-corrected chi connectivity index (χ4v) is 2.50. The normalized spacial score (nSPS) is 15.6. The van der Waals surface area contributed by atoms with Crippen molar-refractivity contribution < 1.29 is 4.74 Å². The van der Waals surface area contributed by atoms with E-state index >= 15 is 0 Å². The summed E-state index contributed by atoms with van der Waals surface area (Å²) in [7, 11) is 0. The molecule has 0 aliphatic carbocycles. The Balaban J connectivity index is 3.46. The highest BCUT2D eigenvalue weighted by atomic mass is 127. The molecule has 1 nitrogen and oxygen atoms in total. The summed E-state index contributed by atoms with van der Waals surface area (Å²) in [4.78, 5) is 0. The van der Waals surface area contributed by atoms with E-state index in [0.717, 1.165) is 18.9 Å². The highest BCUT2D eigenvalue weighted by Crippen LogP contribution is 2.15. The number of ether oxygens (including phenoxy) is 1. The summed E-state index contributed by atoms with van der Waals surface area (Å²) >= 11 is 13.9. The first-order valence-electron chi connectivity index (χ1n) is 5.49. The summed E-state index contributed by atoms with van der Waals surface area (Å²) in [6, 6.07) is 0. The van der Waals surface area contributed by atoms with Crippen LogP contribution in [0.2, 0.25) is 0 Å². The topological polar surface area (TPSA) is 9.23 Å². The first kappa shape index (κ1) is 16.3. The van der Waals surface area contributed by atoms with E-state index in [1.165, 1.54) is 12.8 Å². The highest BCUT2D eigenvalue weighted by molar-refractivity contribution is 14.1. The van der Waals surface area contributed by atoms with E-state index in [2.05, 4.69) is 36.4 Å². The van der Waals surface area contributed by atoms with Gasteiger partial charge in [-0.2, -0.15) is 0 Å². The molecule has 2 atom stereocenters. The number of hydrogen-bond acceptors (Lipinski definition) is 1. The smallest absolute Gasteiger partial charge is 0.0839 e. The van der Waals surface area contributed by atoms with Gasteiger partial charge in [-0.25, -0.2) is 0 Å². The van der Waals surface area contributed by atoms with Crippen molar-refractivity contribution in [3.05, 3.63) is 0 Å². The molecule has 0 aliphatic rings. The summed E-state index contributed by atoms with van der Waals surface area (Å²) in [5.74, 6) is 1.92. The molecule has 0 N–H and O–H groups in total. The Hall–Kier alpha value is 1.27. The molecular formula is C11H21Cl2IO. The lowest BCUT2D eigenvalue weighted by Gasteiger charge is -2.19. The van der Waals surface area contributed by atoms with Gasteiger partial charge in [0.2, 0.25) is 0 Å². The van der Waals surface area contributed by atoms with Gasteiger partial charge < -0.3 is 4.74 Å². The Morgan fingerprint density at radius 1 is 1.13 bits per heavy atom. The molecule has 15 heavy (non-hydrogen) atoms. The van der Waals surface area contributed by atoms with Gasteiger partial charge in [0.05, 0.1) is 10.0 Å². The minimum absolute atomic E-state index is 0.101. The van der Waals surface area contributed by atoms with Crippen molar-refractivity contribution in [2.45, 2.75) is 43.1 Å². The molecule has 0 amide bonds. The molecule has 0 spiro atoms. The van der Waals surface area contributed by atoms with Gasteiger partial charge in [0.25, 0.3) is 0 Å². The van der Waals surface area contributed by atoms with Crippen molar-refractivity contribution in [2.75, 3.05) is 18.4 Å². The van der Waals surface area contributed by atoms with Gasteiger partial charge in [-0.1, -0.05) is 49.3 Å². The second kappa shape index (κ2) is 10.4. The Kier molecular flexibility index (Phi) is 11.3. The fourth-order valence-electron chi connectivity index (χ4n) is 1.23. The Labute approximate surface area is 117 Å². The first-order valence-corrected chi connectivity index (χ1v) is 7.80. The Bertz CT molecular complexity index is 145. The van der Waals surface area contributed by atoms with Crippen molar-refractivity contribution >= 4 is 45.8 Å². The molecule has 0 aromatic carbocycles. The molecular weight excluding hydrogens is 346 g/mol. The number of hydrogen-bond donors (Lipinski definition) is 0. The predicted molar refractivity (Wildman–Crippen MR) is 77.7 cm³/mol. The zero-order chi connectivity index (χ0) is 11.7. The van der Waals surface area contributed by atoms with Crippen LogP contribution in [0.25, 0.3) is 0 Å². The molecule has 0 radical (unpaired) electrons. The van der Waals surface area contributed by atoms with Gasteiger partial charge in [-0.15, -0.1) is 23.2 Å². The molecule has 0 aliphatic heterocycles. The van der Waals surface area contributed by atoms with Crippen LogP contribution < -0.4 is 0 Å². The van der Waals surface area contributed by atoms with Crippen molar-refractivity contribution in [3.63, 3.8) is 0 Å². The van der Waals surface area contributed by atoms with Crippen molar-refractivity contribution in [1.82, 2.24) is 0 Å². The maximum atomic E-state index is 5.82. The molecule has 0 saturated carbocycles. The van der Waals surface area contributed by atoms with Gasteiger partial charge in [-0.3, -0.25) is 0 Å². The van der Waals surface area contributed by atoms with E-state index in [0.29, 0.717) is 15.7 Å². The quantitative estimate of drug-likeness (QED) is 0.332. The lowest BCUT2D eigenvalue weighted by atomic mass is 10.1. The van der Waals surface area contributed by atoms with E-state index in [1.807, 2.05) is 0 Å². The van der Waals surface area contributed by atoms with Gasteiger partial charge in [0.15, 0.2) is 0 Å². The zero-order valence-corrected chi connectivity index (χ0v) is 13.2. The second-order valence-corrected chi connectivity index (χ2v) is 6.34. The van der Waals surface area contributed by atoms with Crippen LogP contribution in [0, 0.1) is 5.92 Å².